The van der Waals surface area contributed by atoms with Gasteiger partial charge < -0.3 is 9.63 Å². The van der Waals surface area contributed by atoms with Crippen LogP contribution < -0.4 is 5.32 Å². The third-order valence-electron chi connectivity index (χ3n) is 3.02. The molecule has 1 aromatic rings. The second-order valence-corrected chi connectivity index (χ2v) is 4.05. The maximum atomic E-state index is 11.1. The lowest BCUT2D eigenvalue weighted by Crippen LogP contribution is -2.56. The Bertz CT molecular complexity index is 384. The van der Waals surface area contributed by atoms with Crippen LogP contribution in [-0.2, 0) is 17.8 Å². The van der Waals surface area contributed by atoms with Crippen molar-refractivity contribution in [3.05, 3.63) is 11.7 Å². The zero-order valence-electron chi connectivity index (χ0n) is 9.19. The molecule has 0 unspecified atom stereocenters. The van der Waals surface area contributed by atoms with Crippen molar-refractivity contribution in [2.75, 3.05) is 0 Å². The van der Waals surface area contributed by atoms with E-state index in [9.17, 15) is 4.79 Å². The van der Waals surface area contributed by atoms with Gasteiger partial charge in [0, 0.05) is 6.42 Å². The number of carboxylic acids is 1. The van der Waals surface area contributed by atoms with Crippen LogP contribution in [0.1, 0.15) is 37.9 Å². The van der Waals surface area contributed by atoms with E-state index in [0.29, 0.717) is 37.5 Å². The molecule has 1 aliphatic carbocycles. The molecule has 0 aromatic carbocycles. The summed E-state index contributed by atoms with van der Waals surface area (Å²) >= 11 is 0. The first-order valence-corrected chi connectivity index (χ1v) is 5.46. The van der Waals surface area contributed by atoms with Crippen LogP contribution >= 0.6 is 0 Å². The second kappa shape index (κ2) is 4.21. The van der Waals surface area contributed by atoms with E-state index in [-0.39, 0.29) is 0 Å². The molecule has 6 heteroatoms. The van der Waals surface area contributed by atoms with Crippen LogP contribution in [0, 0.1) is 0 Å². The highest BCUT2D eigenvalue weighted by molar-refractivity contribution is 5.79. The number of hydrogen-bond acceptors (Lipinski definition) is 5. The standard InChI is InChI=1S/C10H15N3O3/c1-2-7-12-8(16-13-7)6-11-10(9(14)15)4-3-5-10/h11H,2-6H2,1H3,(H,14,15). The van der Waals surface area contributed by atoms with E-state index in [4.69, 9.17) is 9.63 Å². The van der Waals surface area contributed by atoms with Crippen molar-refractivity contribution < 1.29 is 14.4 Å². The van der Waals surface area contributed by atoms with Crippen LogP contribution in [0.15, 0.2) is 4.52 Å². The van der Waals surface area contributed by atoms with E-state index >= 15 is 0 Å². The first-order chi connectivity index (χ1) is 7.66. The van der Waals surface area contributed by atoms with Crippen LogP contribution in [0.5, 0.6) is 0 Å². The van der Waals surface area contributed by atoms with E-state index in [2.05, 4.69) is 15.5 Å². The van der Waals surface area contributed by atoms with E-state index in [1.807, 2.05) is 6.92 Å². The Balaban J connectivity index is 1.93. The number of aromatic nitrogens is 2. The molecule has 0 amide bonds. The number of carboxylic acid groups (broad SMARTS) is 1. The molecule has 88 valence electrons. The molecule has 2 rings (SSSR count). The number of hydrogen-bond donors (Lipinski definition) is 2. The molecule has 0 spiro atoms. The highest BCUT2D eigenvalue weighted by Crippen LogP contribution is 2.32. The van der Waals surface area contributed by atoms with E-state index in [0.717, 1.165) is 6.42 Å². The molecule has 0 aliphatic heterocycles. The average molecular weight is 225 g/mol. The van der Waals surface area contributed by atoms with Crippen LogP contribution in [0.25, 0.3) is 0 Å². The van der Waals surface area contributed by atoms with Gasteiger partial charge in [-0.2, -0.15) is 4.98 Å². The Hall–Kier alpha value is -1.43. The van der Waals surface area contributed by atoms with Gasteiger partial charge in [0.1, 0.15) is 5.54 Å². The van der Waals surface area contributed by atoms with Crippen LogP contribution in [0.4, 0.5) is 0 Å². The normalized spacial score (nSPS) is 18.1. The highest BCUT2D eigenvalue weighted by Gasteiger charge is 2.44. The van der Waals surface area contributed by atoms with Crippen LogP contribution in [-0.4, -0.2) is 26.8 Å². The zero-order chi connectivity index (χ0) is 11.6. The minimum Gasteiger partial charge on any atom is -0.480 e. The molecule has 0 bridgehead atoms. The smallest absolute Gasteiger partial charge is 0.323 e. The summed E-state index contributed by atoms with van der Waals surface area (Å²) in [6, 6.07) is 0. The highest BCUT2D eigenvalue weighted by atomic mass is 16.5. The number of rotatable bonds is 5. The van der Waals surface area contributed by atoms with Gasteiger partial charge in [-0.25, -0.2) is 0 Å². The van der Waals surface area contributed by atoms with Crippen LogP contribution in [0.2, 0.25) is 0 Å². The first-order valence-electron chi connectivity index (χ1n) is 5.46. The molecule has 0 atom stereocenters. The fourth-order valence-electron chi connectivity index (χ4n) is 1.75. The number of aryl methyl sites for hydroxylation is 1. The summed E-state index contributed by atoms with van der Waals surface area (Å²) < 4.78 is 4.98. The van der Waals surface area contributed by atoms with Gasteiger partial charge in [-0.3, -0.25) is 10.1 Å². The lowest BCUT2D eigenvalue weighted by molar-refractivity contribution is -0.149. The topological polar surface area (TPSA) is 88.2 Å². The van der Waals surface area contributed by atoms with Gasteiger partial charge >= 0.3 is 5.97 Å². The van der Waals surface area contributed by atoms with E-state index in [1.54, 1.807) is 0 Å². The summed E-state index contributed by atoms with van der Waals surface area (Å²) in [5.41, 5.74) is -0.777. The summed E-state index contributed by atoms with van der Waals surface area (Å²) in [5, 5.41) is 15.8. The maximum Gasteiger partial charge on any atom is 0.323 e. The first kappa shape index (κ1) is 11.1. The third-order valence-corrected chi connectivity index (χ3v) is 3.02. The largest absolute Gasteiger partial charge is 0.480 e. The predicted molar refractivity (Wildman–Crippen MR) is 54.7 cm³/mol. The van der Waals surface area contributed by atoms with Crippen molar-refractivity contribution in [2.45, 2.75) is 44.7 Å². The van der Waals surface area contributed by atoms with Gasteiger partial charge in [-0.1, -0.05) is 12.1 Å². The summed E-state index contributed by atoms with van der Waals surface area (Å²) in [6.07, 6.45) is 2.99. The summed E-state index contributed by atoms with van der Waals surface area (Å²) in [4.78, 5) is 15.2. The average Bonchev–Trinajstić information content (AvgIpc) is 2.63. The monoisotopic (exact) mass is 225 g/mol. The van der Waals surface area contributed by atoms with Crippen LogP contribution in [0.3, 0.4) is 0 Å². The van der Waals surface area contributed by atoms with Crippen molar-refractivity contribution in [2.24, 2.45) is 0 Å². The fourth-order valence-corrected chi connectivity index (χ4v) is 1.75. The fraction of sp³-hybridized carbons (Fsp3) is 0.700. The molecule has 1 aromatic heterocycles. The summed E-state index contributed by atoms with van der Waals surface area (Å²) in [6.45, 7) is 2.26. The minimum absolute atomic E-state index is 0.319. The second-order valence-electron chi connectivity index (χ2n) is 4.05. The van der Waals surface area contributed by atoms with Crippen molar-refractivity contribution >= 4 is 5.97 Å². The summed E-state index contributed by atoms with van der Waals surface area (Å²) in [5.74, 6) is 0.299. The molecule has 0 radical (unpaired) electrons. The van der Waals surface area contributed by atoms with Gasteiger partial charge in [-0.05, 0) is 19.3 Å². The van der Waals surface area contributed by atoms with Crippen molar-refractivity contribution in [1.82, 2.24) is 15.5 Å². The van der Waals surface area contributed by atoms with Gasteiger partial charge in [-0.15, -0.1) is 0 Å². The Morgan fingerprint density at radius 2 is 2.38 bits per heavy atom. The van der Waals surface area contributed by atoms with Gasteiger partial charge in [0.05, 0.1) is 6.54 Å². The number of carbonyl (C=O) groups is 1. The van der Waals surface area contributed by atoms with Crippen molar-refractivity contribution in [3.63, 3.8) is 0 Å². The molecule has 1 fully saturated rings. The van der Waals surface area contributed by atoms with E-state index in [1.165, 1.54) is 0 Å². The Morgan fingerprint density at radius 1 is 1.62 bits per heavy atom. The maximum absolute atomic E-state index is 11.1. The molecule has 1 aliphatic rings. The molecular formula is C10H15N3O3. The molecule has 6 nitrogen and oxygen atoms in total. The molecule has 1 saturated carbocycles. The SMILES string of the molecule is CCc1noc(CNC2(C(=O)O)CCC2)n1. The Labute approximate surface area is 93.0 Å². The molecule has 0 saturated heterocycles. The predicted octanol–water partition coefficient (Wildman–Crippen LogP) is 0.729. The van der Waals surface area contributed by atoms with Gasteiger partial charge in [0.15, 0.2) is 5.82 Å². The minimum atomic E-state index is -0.797. The molecule has 1 heterocycles. The number of nitrogens with zero attached hydrogens (tertiary/aromatic N) is 2. The van der Waals surface area contributed by atoms with Crippen molar-refractivity contribution in [3.8, 4) is 0 Å². The third kappa shape index (κ3) is 1.92. The summed E-state index contributed by atoms with van der Waals surface area (Å²) in [7, 11) is 0. The Kier molecular flexibility index (Phi) is 2.91. The van der Waals surface area contributed by atoms with Crippen molar-refractivity contribution in [1.29, 1.82) is 0 Å². The molecule has 16 heavy (non-hydrogen) atoms. The van der Waals surface area contributed by atoms with Gasteiger partial charge in [0.25, 0.3) is 0 Å². The zero-order valence-corrected chi connectivity index (χ0v) is 9.19. The molecule has 2 N–H and O–H groups in total. The number of aliphatic carboxylic acids is 1. The quantitative estimate of drug-likeness (QED) is 0.768. The lowest BCUT2D eigenvalue weighted by Gasteiger charge is -2.38. The van der Waals surface area contributed by atoms with Gasteiger partial charge in [0.2, 0.25) is 5.89 Å². The molecular weight excluding hydrogens is 210 g/mol. The number of nitrogens with one attached hydrogen (secondary N) is 1. The lowest BCUT2D eigenvalue weighted by atomic mass is 9.77. The van der Waals surface area contributed by atoms with E-state index < -0.39 is 11.5 Å². The Morgan fingerprint density at radius 3 is 2.81 bits per heavy atom.